The van der Waals surface area contributed by atoms with Gasteiger partial charge in [0.25, 0.3) is 0 Å². The van der Waals surface area contributed by atoms with Crippen LogP contribution >= 0.6 is 11.6 Å². The summed E-state index contributed by atoms with van der Waals surface area (Å²) in [5.41, 5.74) is 6.43. The third-order valence-electron chi connectivity index (χ3n) is 1.76. The fourth-order valence-corrected chi connectivity index (χ4v) is 1.36. The average Bonchev–Trinajstić information content (AvgIpc) is 2.46. The van der Waals surface area contributed by atoms with Crippen molar-refractivity contribution in [1.29, 1.82) is 0 Å². The average molecular weight is 210 g/mol. The zero-order valence-electron chi connectivity index (χ0n) is 7.48. The minimum atomic E-state index is 0.442. The molecule has 2 rings (SSSR count). The Morgan fingerprint density at radius 3 is 2.86 bits per heavy atom. The fourth-order valence-electron chi connectivity index (χ4n) is 1.17. The third kappa shape index (κ3) is 1.42. The molecule has 0 saturated carbocycles. The predicted octanol–water partition coefficient (Wildman–Crippen LogP) is 1.21. The molecule has 0 aromatic carbocycles. The molecule has 0 saturated heterocycles. The number of hydrogen-bond donors (Lipinski definition) is 1. The van der Waals surface area contributed by atoms with Crippen molar-refractivity contribution in [2.45, 2.75) is 6.92 Å². The lowest BCUT2D eigenvalue weighted by Gasteiger charge is -2.03. The van der Waals surface area contributed by atoms with Crippen LogP contribution in [0.15, 0.2) is 18.6 Å². The molecule has 0 radical (unpaired) electrons. The molecule has 2 N–H and O–H groups in total. The van der Waals surface area contributed by atoms with E-state index in [-0.39, 0.29) is 0 Å². The first-order chi connectivity index (χ1) is 6.68. The van der Waals surface area contributed by atoms with E-state index in [1.807, 2.05) is 6.92 Å². The Balaban J connectivity index is 2.60. The molecular formula is C8H8ClN5. The molecular weight excluding hydrogens is 202 g/mol. The van der Waals surface area contributed by atoms with E-state index in [9.17, 15) is 0 Å². The Hall–Kier alpha value is -1.62. The lowest BCUT2D eigenvalue weighted by atomic mass is 10.4. The summed E-state index contributed by atoms with van der Waals surface area (Å²) >= 11 is 5.91. The number of nitrogens with two attached hydrogens (primary N) is 1. The molecule has 72 valence electrons. The van der Waals surface area contributed by atoms with E-state index in [1.54, 1.807) is 10.7 Å². The summed E-state index contributed by atoms with van der Waals surface area (Å²) < 4.78 is 1.58. The van der Waals surface area contributed by atoms with E-state index in [1.165, 1.54) is 12.5 Å². The highest BCUT2D eigenvalue weighted by Crippen LogP contribution is 2.18. The van der Waals surface area contributed by atoms with E-state index in [0.717, 1.165) is 5.69 Å². The molecule has 2 aromatic rings. The first-order valence-corrected chi connectivity index (χ1v) is 4.34. The number of nitrogens with zero attached hydrogens (tertiary/aromatic N) is 4. The topological polar surface area (TPSA) is 69.6 Å². The Morgan fingerprint density at radius 1 is 1.50 bits per heavy atom. The molecule has 0 aliphatic carbocycles. The van der Waals surface area contributed by atoms with Crippen LogP contribution in [0.25, 0.3) is 5.82 Å². The van der Waals surface area contributed by atoms with Crippen LogP contribution in [0, 0.1) is 6.92 Å². The van der Waals surface area contributed by atoms with Crippen molar-refractivity contribution in [2.75, 3.05) is 5.73 Å². The Morgan fingerprint density at radius 2 is 2.29 bits per heavy atom. The van der Waals surface area contributed by atoms with Crippen LogP contribution in [0.4, 0.5) is 5.82 Å². The zero-order valence-corrected chi connectivity index (χ0v) is 8.23. The molecule has 0 aliphatic heterocycles. The van der Waals surface area contributed by atoms with Crippen molar-refractivity contribution >= 4 is 17.4 Å². The molecule has 0 aliphatic rings. The minimum Gasteiger partial charge on any atom is -0.382 e. The maximum absolute atomic E-state index is 5.91. The highest BCUT2D eigenvalue weighted by Gasteiger charge is 2.08. The monoisotopic (exact) mass is 209 g/mol. The summed E-state index contributed by atoms with van der Waals surface area (Å²) in [6.45, 7) is 1.88. The largest absolute Gasteiger partial charge is 0.382 e. The van der Waals surface area contributed by atoms with Crippen LogP contribution < -0.4 is 5.73 Å². The Kier molecular flexibility index (Phi) is 2.09. The van der Waals surface area contributed by atoms with Crippen molar-refractivity contribution in [3.8, 4) is 5.82 Å². The molecule has 5 nitrogen and oxygen atoms in total. The Labute approximate surface area is 85.5 Å². The molecule has 0 unspecified atom stereocenters. The van der Waals surface area contributed by atoms with E-state index < -0.39 is 0 Å². The summed E-state index contributed by atoms with van der Waals surface area (Å²) in [6.07, 6.45) is 2.93. The summed E-state index contributed by atoms with van der Waals surface area (Å²) in [6, 6.07) is 1.75. The summed E-state index contributed by atoms with van der Waals surface area (Å²) in [7, 11) is 0. The van der Waals surface area contributed by atoms with Crippen molar-refractivity contribution in [3.63, 3.8) is 0 Å². The first-order valence-electron chi connectivity index (χ1n) is 3.96. The SMILES string of the molecule is Cc1cc(N)nn1-c1ncncc1Cl. The first kappa shape index (κ1) is 8.96. The van der Waals surface area contributed by atoms with Gasteiger partial charge in [-0.1, -0.05) is 11.6 Å². The lowest BCUT2D eigenvalue weighted by molar-refractivity contribution is 0.815. The van der Waals surface area contributed by atoms with E-state index >= 15 is 0 Å². The number of anilines is 1. The van der Waals surface area contributed by atoms with Crippen molar-refractivity contribution in [3.05, 3.63) is 29.3 Å². The molecule has 0 amide bonds. The van der Waals surface area contributed by atoms with Crippen LogP contribution in [0.5, 0.6) is 0 Å². The van der Waals surface area contributed by atoms with Gasteiger partial charge < -0.3 is 5.73 Å². The van der Waals surface area contributed by atoms with Gasteiger partial charge in [-0.15, -0.1) is 5.10 Å². The highest BCUT2D eigenvalue weighted by molar-refractivity contribution is 6.32. The third-order valence-corrected chi connectivity index (χ3v) is 2.02. The van der Waals surface area contributed by atoms with Crippen molar-refractivity contribution < 1.29 is 0 Å². The van der Waals surface area contributed by atoms with E-state index in [2.05, 4.69) is 15.1 Å². The Bertz CT molecular complexity index is 465. The summed E-state index contributed by atoms with van der Waals surface area (Å²) in [5, 5.41) is 4.50. The van der Waals surface area contributed by atoms with Crippen LogP contribution in [-0.2, 0) is 0 Å². The number of hydrogen-bond acceptors (Lipinski definition) is 4. The quantitative estimate of drug-likeness (QED) is 0.767. The number of halogens is 1. The smallest absolute Gasteiger partial charge is 0.175 e. The predicted molar refractivity (Wildman–Crippen MR) is 53.3 cm³/mol. The summed E-state index contributed by atoms with van der Waals surface area (Å²) in [4.78, 5) is 7.82. The van der Waals surface area contributed by atoms with E-state index in [4.69, 9.17) is 17.3 Å². The maximum Gasteiger partial charge on any atom is 0.175 e. The van der Waals surface area contributed by atoms with Gasteiger partial charge in [-0.2, -0.15) is 0 Å². The molecule has 0 spiro atoms. The second-order valence-electron chi connectivity index (χ2n) is 2.82. The molecule has 0 fully saturated rings. The second kappa shape index (κ2) is 3.26. The number of rotatable bonds is 1. The molecule has 2 heterocycles. The molecule has 6 heteroatoms. The van der Waals surface area contributed by atoms with Crippen molar-refractivity contribution in [2.24, 2.45) is 0 Å². The number of aryl methyl sites for hydroxylation is 1. The van der Waals surface area contributed by atoms with E-state index in [0.29, 0.717) is 16.7 Å². The minimum absolute atomic E-state index is 0.442. The normalized spacial score (nSPS) is 10.4. The van der Waals surface area contributed by atoms with Crippen molar-refractivity contribution in [1.82, 2.24) is 19.7 Å². The second-order valence-corrected chi connectivity index (χ2v) is 3.22. The standard InChI is InChI=1S/C8H8ClN5/c1-5-2-7(10)13-14(5)8-6(9)3-11-4-12-8/h2-4H,1H3,(H2,10,13). The molecule has 14 heavy (non-hydrogen) atoms. The van der Waals surface area contributed by atoms with Crippen LogP contribution in [0.1, 0.15) is 5.69 Å². The number of aromatic nitrogens is 4. The fraction of sp³-hybridized carbons (Fsp3) is 0.125. The van der Waals surface area contributed by atoms with Gasteiger partial charge in [0.15, 0.2) is 5.82 Å². The van der Waals surface area contributed by atoms with Crippen LogP contribution in [0.2, 0.25) is 5.02 Å². The van der Waals surface area contributed by atoms with Gasteiger partial charge in [0.1, 0.15) is 17.2 Å². The molecule has 0 atom stereocenters. The van der Waals surface area contributed by atoms with Gasteiger partial charge in [0.2, 0.25) is 0 Å². The summed E-state index contributed by atoms with van der Waals surface area (Å²) in [5.74, 6) is 0.980. The zero-order chi connectivity index (χ0) is 10.1. The highest BCUT2D eigenvalue weighted by atomic mass is 35.5. The van der Waals surface area contributed by atoms with Gasteiger partial charge in [-0.05, 0) is 6.92 Å². The maximum atomic E-state index is 5.91. The van der Waals surface area contributed by atoms with Gasteiger partial charge in [0.05, 0.1) is 6.20 Å². The van der Waals surface area contributed by atoms with Gasteiger partial charge in [0, 0.05) is 11.8 Å². The van der Waals surface area contributed by atoms with Crippen LogP contribution in [-0.4, -0.2) is 19.7 Å². The van der Waals surface area contributed by atoms with Crippen LogP contribution in [0.3, 0.4) is 0 Å². The molecule has 2 aromatic heterocycles. The van der Waals surface area contributed by atoms with Gasteiger partial charge in [-0.25, -0.2) is 14.6 Å². The molecule has 0 bridgehead atoms. The van der Waals surface area contributed by atoms with Gasteiger partial charge >= 0.3 is 0 Å². The number of nitrogen functional groups attached to an aromatic ring is 1. The van der Waals surface area contributed by atoms with Gasteiger partial charge in [-0.3, -0.25) is 0 Å². The lowest BCUT2D eigenvalue weighted by Crippen LogP contribution is -2.03.